The third kappa shape index (κ3) is 3.71. The number of anilines is 1. The van der Waals surface area contributed by atoms with Crippen LogP contribution < -0.4 is 4.90 Å². The Balaban J connectivity index is 1.79. The Morgan fingerprint density at radius 2 is 1.21 bits per heavy atom. The topological polar surface area (TPSA) is 57.7 Å². The van der Waals surface area contributed by atoms with Gasteiger partial charge in [0, 0.05) is 0 Å². The average molecular weight is 382 g/mol. The second kappa shape index (κ2) is 7.94. The van der Waals surface area contributed by atoms with Gasteiger partial charge in [0.25, 0.3) is 11.8 Å². The first kappa shape index (κ1) is 18.4. The van der Waals surface area contributed by atoms with E-state index in [1.54, 1.807) is 42.5 Å². The number of barbiturate groups is 1. The van der Waals surface area contributed by atoms with E-state index in [2.05, 4.69) is 0 Å². The van der Waals surface area contributed by atoms with Crippen molar-refractivity contribution in [3.8, 4) is 0 Å². The molecule has 3 aromatic rings. The van der Waals surface area contributed by atoms with Gasteiger partial charge in [0.05, 0.1) is 12.2 Å². The number of para-hydroxylation sites is 1. The smallest absolute Gasteiger partial charge is 0.268 e. The van der Waals surface area contributed by atoms with Crippen molar-refractivity contribution < 1.29 is 14.4 Å². The summed E-state index contributed by atoms with van der Waals surface area (Å²) in [5, 5.41) is 0. The molecule has 0 radical (unpaired) electrons. The maximum absolute atomic E-state index is 13.1. The lowest BCUT2D eigenvalue weighted by molar-refractivity contribution is -0.129. The number of rotatable bonds is 4. The molecule has 1 aliphatic rings. The highest BCUT2D eigenvalue weighted by molar-refractivity contribution is 6.39. The highest BCUT2D eigenvalue weighted by Crippen LogP contribution is 2.27. The molecule has 0 aromatic heterocycles. The predicted molar refractivity (Wildman–Crippen MR) is 111 cm³/mol. The van der Waals surface area contributed by atoms with Crippen molar-refractivity contribution in [3.05, 3.63) is 108 Å². The van der Waals surface area contributed by atoms with Gasteiger partial charge in [0.2, 0.25) is 0 Å². The zero-order chi connectivity index (χ0) is 20.2. The normalized spacial score (nSPS) is 15.9. The second-order valence-electron chi connectivity index (χ2n) is 6.60. The summed E-state index contributed by atoms with van der Waals surface area (Å²) in [6.07, 6.45) is 1.53. The molecule has 1 heterocycles. The van der Waals surface area contributed by atoms with E-state index in [1.807, 2.05) is 48.5 Å². The van der Waals surface area contributed by atoms with Crippen LogP contribution in [0.3, 0.4) is 0 Å². The number of hydrogen-bond donors (Lipinski definition) is 0. The molecule has 0 aliphatic carbocycles. The van der Waals surface area contributed by atoms with Crippen LogP contribution >= 0.6 is 0 Å². The number of amides is 4. The molecule has 5 nitrogen and oxygen atoms in total. The third-order valence-electron chi connectivity index (χ3n) is 4.64. The minimum absolute atomic E-state index is 0.0458. The summed E-state index contributed by atoms with van der Waals surface area (Å²) < 4.78 is 0. The van der Waals surface area contributed by atoms with Crippen molar-refractivity contribution in [3.63, 3.8) is 0 Å². The quantitative estimate of drug-likeness (QED) is 0.500. The van der Waals surface area contributed by atoms with Crippen LogP contribution in [-0.4, -0.2) is 22.7 Å². The summed E-state index contributed by atoms with van der Waals surface area (Å²) in [6, 6.07) is 26.3. The van der Waals surface area contributed by atoms with E-state index in [0.717, 1.165) is 15.4 Å². The van der Waals surface area contributed by atoms with Gasteiger partial charge in [-0.15, -0.1) is 0 Å². The Hall–Kier alpha value is -3.99. The first-order chi connectivity index (χ1) is 14.1. The van der Waals surface area contributed by atoms with E-state index < -0.39 is 17.8 Å². The monoisotopic (exact) mass is 382 g/mol. The van der Waals surface area contributed by atoms with Crippen molar-refractivity contribution >= 4 is 29.6 Å². The van der Waals surface area contributed by atoms with Crippen molar-refractivity contribution in [1.29, 1.82) is 0 Å². The first-order valence-corrected chi connectivity index (χ1v) is 9.21. The van der Waals surface area contributed by atoms with E-state index in [0.29, 0.717) is 11.3 Å². The van der Waals surface area contributed by atoms with Gasteiger partial charge in [-0.25, -0.2) is 9.69 Å². The molecule has 0 saturated carbocycles. The highest BCUT2D eigenvalue weighted by atomic mass is 16.2. The molecular weight excluding hydrogens is 364 g/mol. The van der Waals surface area contributed by atoms with E-state index in [-0.39, 0.29) is 12.1 Å². The van der Waals surface area contributed by atoms with Crippen LogP contribution in [0.2, 0.25) is 0 Å². The molecule has 0 atom stereocenters. The number of carbonyl (C=O) groups excluding carboxylic acids is 3. The maximum Gasteiger partial charge on any atom is 0.338 e. The van der Waals surface area contributed by atoms with E-state index >= 15 is 0 Å². The summed E-state index contributed by atoms with van der Waals surface area (Å²) >= 11 is 0. The number of nitrogens with zero attached hydrogens (tertiary/aromatic N) is 2. The Labute approximate surface area is 168 Å². The SMILES string of the molecule is O=C1/C(=C/c2ccccc2)C(=O)N(c2ccccc2)C(=O)N1Cc1ccccc1. The van der Waals surface area contributed by atoms with Crippen LogP contribution in [0, 0.1) is 0 Å². The molecule has 29 heavy (non-hydrogen) atoms. The molecule has 0 spiro atoms. The van der Waals surface area contributed by atoms with E-state index in [9.17, 15) is 14.4 Å². The number of imide groups is 2. The van der Waals surface area contributed by atoms with Crippen LogP contribution in [0.25, 0.3) is 6.08 Å². The summed E-state index contributed by atoms with van der Waals surface area (Å²) in [7, 11) is 0. The molecule has 142 valence electrons. The van der Waals surface area contributed by atoms with Crippen molar-refractivity contribution in [2.45, 2.75) is 6.54 Å². The fourth-order valence-corrected chi connectivity index (χ4v) is 3.20. The predicted octanol–water partition coefficient (Wildman–Crippen LogP) is 4.27. The lowest BCUT2D eigenvalue weighted by atomic mass is 10.0. The molecule has 1 saturated heterocycles. The zero-order valence-electron chi connectivity index (χ0n) is 15.6. The van der Waals surface area contributed by atoms with Crippen molar-refractivity contribution in [2.75, 3.05) is 4.90 Å². The minimum Gasteiger partial charge on any atom is -0.268 e. The summed E-state index contributed by atoms with van der Waals surface area (Å²) in [5.74, 6) is -1.22. The summed E-state index contributed by atoms with van der Waals surface area (Å²) in [5.41, 5.74) is 1.89. The standard InChI is InChI=1S/C24H18N2O3/c27-22-21(16-18-10-4-1-5-11-18)23(28)26(20-14-8-3-9-15-20)24(29)25(22)17-19-12-6-2-7-13-19/h1-16H,17H2/b21-16-. The van der Waals surface area contributed by atoms with Crippen LogP contribution in [0.1, 0.15) is 11.1 Å². The van der Waals surface area contributed by atoms with E-state index in [1.165, 1.54) is 6.08 Å². The van der Waals surface area contributed by atoms with Gasteiger partial charge in [-0.2, -0.15) is 0 Å². The molecule has 1 aliphatic heterocycles. The molecule has 4 rings (SSSR count). The lowest BCUT2D eigenvalue weighted by Gasteiger charge is -2.34. The highest BCUT2D eigenvalue weighted by Gasteiger charge is 2.42. The molecule has 0 unspecified atom stereocenters. The summed E-state index contributed by atoms with van der Waals surface area (Å²) in [6.45, 7) is 0.0846. The van der Waals surface area contributed by atoms with Crippen LogP contribution in [0.15, 0.2) is 96.6 Å². The van der Waals surface area contributed by atoms with Gasteiger partial charge < -0.3 is 0 Å². The minimum atomic E-state index is -0.653. The van der Waals surface area contributed by atoms with Gasteiger partial charge in [-0.05, 0) is 29.3 Å². The Bertz CT molecular complexity index is 1080. The van der Waals surface area contributed by atoms with Crippen LogP contribution in [0.4, 0.5) is 10.5 Å². The van der Waals surface area contributed by atoms with Crippen LogP contribution in [-0.2, 0) is 16.1 Å². The third-order valence-corrected chi connectivity index (χ3v) is 4.64. The number of urea groups is 1. The molecule has 5 heteroatoms. The first-order valence-electron chi connectivity index (χ1n) is 9.21. The largest absolute Gasteiger partial charge is 0.338 e. The molecule has 4 amide bonds. The molecule has 0 bridgehead atoms. The van der Waals surface area contributed by atoms with E-state index in [4.69, 9.17) is 0 Å². The Morgan fingerprint density at radius 3 is 1.83 bits per heavy atom. The lowest BCUT2D eigenvalue weighted by Crippen LogP contribution is -2.56. The second-order valence-corrected chi connectivity index (χ2v) is 6.60. The van der Waals surface area contributed by atoms with Crippen molar-refractivity contribution in [1.82, 2.24) is 4.90 Å². The molecule has 0 N–H and O–H groups in total. The van der Waals surface area contributed by atoms with Gasteiger partial charge in [-0.1, -0.05) is 78.9 Å². The average Bonchev–Trinajstić information content (AvgIpc) is 2.77. The molecule has 3 aromatic carbocycles. The number of carbonyl (C=O) groups is 3. The Morgan fingerprint density at radius 1 is 0.655 bits per heavy atom. The maximum atomic E-state index is 13.1. The molecular formula is C24H18N2O3. The zero-order valence-corrected chi connectivity index (χ0v) is 15.6. The van der Waals surface area contributed by atoms with Gasteiger partial charge in [0.1, 0.15) is 5.57 Å². The fourth-order valence-electron chi connectivity index (χ4n) is 3.20. The Kier molecular flexibility index (Phi) is 5.03. The van der Waals surface area contributed by atoms with Crippen molar-refractivity contribution in [2.24, 2.45) is 0 Å². The number of hydrogen-bond acceptors (Lipinski definition) is 3. The fraction of sp³-hybridized carbons (Fsp3) is 0.0417. The van der Waals surface area contributed by atoms with Gasteiger partial charge >= 0.3 is 6.03 Å². The molecule has 1 fully saturated rings. The number of benzene rings is 3. The van der Waals surface area contributed by atoms with Crippen LogP contribution in [0.5, 0.6) is 0 Å². The summed E-state index contributed by atoms with van der Waals surface area (Å²) in [4.78, 5) is 41.6. The van der Waals surface area contributed by atoms with Gasteiger partial charge in [0.15, 0.2) is 0 Å². The van der Waals surface area contributed by atoms with Gasteiger partial charge in [-0.3, -0.25) is 14.5 Å².